The fraction of sp³-hybridized carbons (Fsp3) is 0.486. The quantitative estimate of drug-likeness (QED) is 0.247. The van der Waals surface area contributed by atoms with E-state index in [4.69, 9.17) is 5.11 Å². The Morgan fingerprint density at radius 1 is 1.05 bits per heavy atom. The average Bonchev–Trinajstić information content (AvgIpc) is 3.23. The van der Waals surface area contributed by atoms with E-state index in [1.165, 1.54) is 36.8 Å². The summed E-state index contributed by atoms with van der Waals surface area (Å²) >= 11 is 0. The highest BCUT2D eigenvalue weighted by atomic mass is 19.1. The molecule has 0 radical (unpaired) electrons. The van der Waals surface area contributed by atoms with Crippen molar-refractivity contribution in [2.45, 2.75) is 121 Å². The number of hydrogen-bond donors (Lipinski definition) is 2. The molecule has 2 N–H and O–H groups in total. The molecule has 1 aromatic carbocycles. The van der Waals surface area contributed by atoms with Crippen LogP contribution in [0.25, 0.3) is 16.6 Å². The van der Waals surface area contributed by atoms with E-state index in [0.29, 0.717) is 5.56 Å². The molecule has 1 heterocycles. The zero-order valence-corrected chi connectivity index (χ0v) is 28.0. The summed E-state index contributed by atoms with van der Waals surface area (Å²) in [4.78, 5) is 7.91. The molecule has 0 amide bonds. The Morgan fingerprint density at radius 2 is 1.63 bits per heavy atom. The first-order chi connectivity index (χ1) is 19.5. The Bertz CT molecular complexity index is 1130. The van der Waals surface area contributed by atoms with Gasteiger partial charge in [-0.05, 0) is 69.9 Å². The maximum Gasteiger partial charge on any atom is 0.138 e. The number of halogens is 1. The third-order valence-corrected chi connectivity index (χ3v) is 5.45. The summed E-state index contributed by atoms with van der Waals surface area (Å²) in [6.07, 6.45) is 20.9. The van der Waals surface area contributed by atoms with Gasteiger partial charge in [0.15, 0.2) is 0 Å². The van der Waals surface area contributed by atoms with Gasteiger partial charge in [-0.1, -0.05) is 128 Å². The number of hydrogen-bond acceptors (Lipinski definition) is 2. The maximum atomic E-state index is 12.8. The van der Waals surface area contributed by atoms with Crippen molar-refractivity contribution < 1.29 is 9.50 Å². The molecule has 3 nitrogen and oxygen atoms in total. The lowest BCUT2D eigenvalue weighted by molar-refractivity contribution is 0.102. The molecule has 0 fully saturated rings. The number of alkyl halides is 1. The van der Waals surface area contributed by atoms with Crippen molar-refractivity contribution in [2.24, 2.45) is 0 Å². The second kappa shape index (κ2) is 23.7. The number of fused-ring (bicyclic) bond motifs is 1. The minimum absolute atomic E-state index is 0.471. The van der Waals surface area contributed by atoms with E-state index in [0.717, 1.165) is 34.4 Å². The predicted octanol–water partition coefficient (Wildman–Crippen LogP) is 11.8. The van der Waals surface area contributed by atoms with E-state index >= 15 is 0 Å². The molecule has 0 bridgehead atoms. The number of H-pyrrole nitrogens is 1. The van der Waals surface area contributed by atoms with Gasteiger partial charge in [-0.25, -0.2) is 9.37 Å². The second-order valence-corrected chi connectivity index (χ2v) is 10.3. The highest BCUT2D eigenvalue weighted by Gasteiger charge is 2.09. The van der Waals surface area contributed by atoms with Crippen molar-refractivity contribution in [3.8, 4) is 0 Å². The molecule has 1 aliphatic carbocycles. The Morgan fingerprint density at radius 3 is 2.15 bits per heavy atom. The fourth-order valence-electron chi connectivity index (χ4n) is 3.23. The summed E-state index contributed by atoms with van der Waals surface area (Å²) in [5, 5.41) is 8.52. The lowest BCUT2D eigenvalue weighted by atomic mass is 10.0. The molecular weight excluding hydrogens is 507 g/mol. The highest BCUT2D eigenvalue weighted by molar-refractivity contribution is 5.82. The zero-order valence-electron chi connectivity index (χ0n) is 28.0. The van der Waals surface area contributed by atoms with Crippen LogP contribution < -0.4 is 0 Å². The van der Waals surface area contributed by atoms with Crippen molar-refractivity contribution >= 4 is 16.6 Å². The van der Waals surface area contributed by atoms with Gasteiger partial charge < -0.3 is 10.1 Å². The molecule has 0 spiro atoms. The Hall–Kier alpha value is -2.98. The summed E-state index contributed by atoms with van der Waals surface area (Å²) in [6, 6.07) is 5.43. The average molecular weight is 567 g/mol. The topological polar surface area (TPSA) is 48.9 Å². The third-order valence-electron chi connectivity index (χ3n) is 5.45. The van der Waals surface area contributed by atoms with Gasteiger partial charge in [0.05, 0.1) is 16.6 Å². The van der Waals surface area contributed by atoms with Crippen LogP contribution in [0, 0.1) is 0 Å². The fourth-order valence-corrected chi connectivity index (χ4v) is 3.23. The van der Waals surface area contributed by atoms with Crippen LogP contribution in [0.1, 0.15) is 120 Å². The molecule has 41 heavy (non-hydrogen) atoms. The van der Waals surface area contributed by atoms with Crippen LogP contribution in [0.3, 0.4) is 0 Å². The number of nitrogens with zero attached hydrogens (tertiary/aromatic N) is 1. The Balaban J connectivity index is 0. The van der Waals surface area contributed by atoms with E-state index in [-0.39, 0.29) is 0 Å². The number of rotatable bonds is 8. The van der Waals surface area contributed by atoms with Crippen LogP contribution in [0.15, 0.2) is 84.0 Å². The lowest BCUT2D eigenvalue weighted by Crippen LogP contribution is -2.10. The van der Waals surface area contributed by atoms with Crippen molar-refractivity contribution in [3.63, 3.8) is 0 Å². The van der Waals surface area contributed by atoms with Gasteiger partial charge in [0.25, 0.3) is 0 Å². The molecule has 230 valence electrons. The maximum absolute atomic E-state index is 12.8. The van der Waals surface area contributed by atoms with Crippen LogP contribution in [0.4, 0.5) is 4.39 Å². The van der Waals surface area contributed by atoms with Gasteiger partial charge in [0, 0.05) is 5.57 Å². The van der Waals surface area contributed by atoms with E-state index in [1.807, 2.05) is 58.9 Å². The van der Waals surface area contributed by atoms with Crippen molar-refractivity contribution in [2.75, 3.05) is 0 Å². The molecule has 3 rings (SSSR count). The van der Waals surface area contributed by atoms with Gasteiger partial charge in [-0.15, -0.1) is 0 Å². The van der Waals surface area contributed by atoms with Gasteiger partial charge in [0.2, 0.25) is 0 Å². The van der Waals surface area contributed by atoms with Crippen LogP contribution in [0.5, 0.6) is 0 Å². The first-order valence-electron chi connectivity index (χ1n) is 15.4. The predicted molar refractivity (Wildman–Crippen MR) is 183 cm³/mol. The van der Waals surface area contributed by atoms with Gasteiger partial charge in [-0.2, -0.15) is 0 Å². The van der Waals surface area contributed by atoms with Crippen LogP contribution in [-0.2, 0) is 6.67 Å². The minimum Gasteiger partial charge on any atom is -0.391 e. The minimum atomic E-state index is -0.500. The summed E-state index contributed by atoms with van der Waals surface area (Å²) in [6.45, 7) is 25.5. The number of nitrogens with one attached hydrogen (secondary N) is 1. The van der Waals surface area contributed by atoms with E-state index < -0.39 is 12.3 Å². The van der Waals surface area contributed by atoms with Crippen molar-refractivity contribution in [1.82, 2.24) is 9.97 Å². The van der Waals surface area contributed by atoms with Crippen LogP contribution >= 0.6 is 0 Å². The summed E-state index contributed by atoms with van der Waals surface area (Å²) in [7, 11) is 0. The normalized spacial score (nSPS) is 12.8. The first kappa shape index (κ1) is 40.2. The second-order valence-electron chi connectivity index (χ2n) is 10.3. The lowest BCUT2D eigenvalue weighted by Gasteiger charge is -2.04. The molecule has 1 aliphatic rings. The van der Waals surface area contributed by atoms with Gasteiger partial charge in [-0.3, -0.25) is 0 Å². The Kier molecular flexibility index (Phi) is 23.2. The standard InChI is InChI=1S/C23H23FN2.C6H14.C4H10O.2C2H6/c1-4-16(2)8-9-17(3)19-6-5-7-20(12-11-19)23-25-21-13-10-18(15-24)14-22(21)26-23;1-3-5-6-4-2;1-4(2,3)5;2*1-2/h4-5,7-14H,3,6,15H2,1-2H3,(H,25,26);3-6H2,1-2H3;5H,1-3H3;2*1-2H3/b9-8-,16-4-;;;;. The van der Waals surface area contributed by atoms with Gasteiger partial charge >= 0.3 is 0 Å². The molecule has 1 aromatic heterocycles. The zero-order chi connectivity index (χ0) is 31.8. The number of aliphatic hydroxyl groups is 1. The molecule has 4 heteroatoms. The third kappa shape index (κ3) is 18.9. The van der Waals surface area contributed by atoms with E-state index in [1.54, 1.807) is 26.8 Å². The summed E-state index contributed by atoms with van der Waals surface area (Å²) < 4.78 is 12.8. The van der Waals surface area contributed by atoms with Crippen molar-refractivity contribution in [3.05, 3.63) is 95.4 Å². The van der Waals surface area contributed by atoms with Crippen LogP contribution in [0.2, 0.25) is 0 Å². The SMILES string of the molecule is C=C(/C=C\C(C)=C/C)C1=CC=C(c2nc3ccc(CF)cc3[nH]2)C=CC1.CC.CC.CC(C)(C)O.CCCCCC. The molecule has 0 saturated carbocycles. The first-order valence-corrected chi connectivity index (χ1v) is 15.4. The van der Waals surface area contributed by atoms with Crippen LogP contribution in [-0.4, -0.2) is 20.7 Å². The highest BCUT2D eigenvalue weighted by Crippen LogP contribution is 2.25. The largest absolute Gasteiger partial charge is 0.391 e. The van der Waals surface area contributed by atoms with E-state index in [2.05, 4.69) is 67.7 Å². The van der Waals surface area contributed by atoms with E-state index in [9.17, 15) is 4.39 Å². The molecule has 2 aromatic rings. The molecular formula is C37H59FN2O. The number of benzene rings is 1. The summed E-state index contributed by atoms with van der Waals surface area (Å²) in [5.74, 6) is 0.788. The van der Waals surface area contributed by atoms with Crippen molar-refractivity contribution in [1.29, 1.82) is 0 Å². The number of imidazole rings is 1. The smallest absolute Gasteiger partial charge is 0.138 e. The number of unbranched alkanes of at least 4 members (excludes halogenated alkanes) is 3. The number of aromatic amines is 1. The molecule has 0 saturated heterocycles. The molecule has 0 atom stereocenters. The Labute approximate surface area is 251 Å². The summed E-state index contributed by atoms with van der Waals surface area (Å²) in [5.41, 5.74) is 6.24. The monoisotopic (exact) mass is 566 g/mol. The van der Waals surface area contributed by atoms with Gasteiger partial charge in [0.1, 0.15) is 12.5 Å². The molecule has 0 unspecified atom stereocenters. The number of aromatic nitrogens is 2. The number of allylic oxidation sites excluding steroid dienone is 11. The molecule has 0 aliphatic heterocycles.